The summed E-state index contributed by atoms with van der Waals surface area (Å²) in [5.41, 5.74) is -0.581. The van der Waals surface area contributed by atoms with E-state index < -0.39 is 23.6 Å². The van der Waals surface area contributed by atoms with Gasteiger partial charge in [-0.3, -0.25) is 4.79 Å². The summed E-state index contributed by atoms with van der Waals surface area (Å²) in [7, 11) is 0. The van der Waals surface area contributed by atoms with Gasteiger partial charge in [0.25, 0.3) is 0 Å². The van der Waals surface area contributed by atoms with E-state index in [4.69, 9.17) is 9.47 Å². The Morgan fingerprint density at radius 2 is 2.07 bits per heavy atom. The van der Waals surface area contributed by atoms with Gasteiger partial charge in [-0.05, 0) is 27.7 Å². The molecule has 4 nitrogen and oxygen atoms in total. The molecule has 84 valence electrons. The minimum Gasteiger partial charge on any atom is -0.458 e. The molecule has 0 N–H and O–H groups in total. The van der Waals surface area contributed by atoms with Gasteiger partial charge < -0.3 is 9.47 Å². The number of hydrogen-bond acceptors (Lipinski definition) is 4. The van der Waals surface area contributed by atoms with Gasteiger partial charge in [0, 0.05) is 5.57 Å². The largest absolute Gasteiger partial charge is 0.458 e. The highest BCUT2D eigenvalue weighted by molar-refractivity contribution is 5.88. The topological polar surface area (TPSA) is 52.6 Å². The predicted molar refractivity (Wildman–Crippen MR) is 54.0 cm³/mol. The average molecular weight is 212 g/mol. The number of cyclic esters (lactones) is 1. The fourth-order valence-corrected chi connectivity index (χ4v) is 1.44. The first-order valence-electron chi connectivity index (χ1n) is 4.88. The third-order valence-electron chi connectivity index (χ3n) is 2.97. The summed E-state index contributed by atoms with van der Waals surface area (Å²) >= 11 is 0. The highest BCUT2D eigenvalue weighted by Gasteiger charge is 2.52. The van der Waals surface area contributed by atoms with E-state index in [0.29, 0.717) is 5.57 Å². The molecule has 0 bridgehead atoms. The zero-order valence-electron chi connectivity index (χ0n) is 9.49. The van der Waals surface area contributed by atoms with Crippen molar-refractivity contribution in [3.8, 4) is 0 Å². The number of carbonyl (C=O) groups is 2. The Hall–Kier alpha value is -1.32. The second-order valence-electron chi connectivity index (χ2n) is 4.15. The predicted octanol–water partition coefficient (Wildman–Crippen LogP) is 1.45. The SMILES string of the molecule is C=C(C)C(=O)OC1(C)C(C)OC(=O)C1C. The van der Waals surface area contributed by atoms with Crippen LogP contribution in [0.2, 0.25) is 0 Å². The van der Waals surface area contributed by atoms with Crippen LogP contribution in [-0.4, -0.2) is 23.6 Å². The second-order valence-corrected chi connectivity index (χ2v) is 4.15. The lowest BCUT2D eigenvalue weighted by atomic mass is 9.89. The molecule has 15 heavy (non-hydrogen) atoms. The van der Waals surface area contributed by atoms with Crippen molar-refractivity contribution < 1.29 is 19.1 Å². The molecular weight excluding hydrogens is 196 g/mol. The Balaban J connectivity index is 2.86. The fourth-order valence-electron chi connectivity index (χ4n) is 1.44. The normalized spacial score (nSPS) is 34.8. The van der Waals surface area contributed by atoms with Gasteiger partial charge in [-0.15, -0.1) is 0 Å². The van der Waals surface area contributed by atoms with Crippen molar-refractivity contribution in [2.75, 3.05) is 0 Å². The van der Waals surface area contributed by atoms with Crippen molar-refractivity contribution in [1.29, 1.82) is 0 Å². The van der Waals surface area contributed by atoms with Gasteiger partial charge in [0.05, 0.1) is 5.92 Å². The molecule has 1 saturated heterocycles. The summed E-state index contributed by atoms with van der Waals surface area (Å²) in [6.45, 7) is 10.2. The van der Waals surface area contributed by atoms with E-state index in [1.807, 2.05) is 0 Å². The molecule has 0 amide bonds. The van der Waals surface area contributed by atoms with Crippen molar-refractivity contribution in [2.45, 2.75) is 39.4 Å². The third-order valence-corrected chi connectivity index (χ3v) is 2.97. The number of ether oxygens (including phenoxy) is 2. The monoisotopic (exact) mass is 212 g/mol. The minimum absolute atomic E-state index is 0.315. The van der Waals surface area contributed by atoms with Crippen LogP contribution in [0.3, 0.4) is 0 Å². The van der Waals surface area contributed by atoms with Crippen molar-refractivity contribution in [1.82, 2.24) is 0 Å². The zero-order valence-corrected chi connectivity index (χ0v) is 9.49. The van der Waals surface area contributed by atoms with Crippen LogP contribution in [0.5, 0.6) is 0 Å². The summed E-state index contributed by atoms with van der Waals surface area (Å²) < 4.78 is 10.3. The third kappa shape index (κ3) is 1.89. The minimum atomic E-state index is -0.896. The molecule has 3 atom stereocenters. The lowest BCUT2D eigenvalue weighted by Gasteiger charge is -2.29. The first-order valence-corrected chi connectivity index (χ1v) is 4.88. The molecule has 1 heterocycles. The zero-order chi connectivity index (χ0) is 11.8. The Labute approximate surface area is 89.2 Å². The van der Waals surface area contributed by atoms with Gasteiger partial charge in [-0.1, -0.05) is 6.58 Å². The molecule has 0 aliphatic carbocycles. The Morgan fingerprint density at radius 1 is 1.53 bits per heavy atom. The average Bonchev–Trinajstić information content (AvgIpc) is 2.31. The van der Waals surface area contributed by atoms with E-state index in [1.165, 1.54) is 0 Å². The van der Waals surface area contributed by atoms with Crippen LogP contribution in [0, 0.1) is 5.92 Å². The van der Waals surface area contributed by atoms with Gasteiger partial charge in [-0.2, -0.15) is 0 Å². The molecule has 1 rings (SSSR count). The number of hydrogen-bond donors (Lipinski definition) is 0. The molecule has 1 fully saturated rings. The Bertz CT molecular complexity index is 321. The smallest absolute Gasteiger partial charge is 0.333 e. The van der Waals surface area contributed by atoms with Crippen LogP contribution in [0.15, 0.2) is 12.2 Å². The molecule has 0 aromatic carbocycles. The summed E-state index contributed by atoms with van der Waals surface area (Å²) in [6.07, 6.45) is -0.428. The molecule has 3 unspecified atom stereocenters. The number of esters is 2. The maximum Gasteiger partial charge on any atom is 0.333 e. The van der Waals surface area contributed by atoms with E-state index in [2.05, 4.69) is 6.58 Å². The lowest BCUT2D eigenvalue weighted by molar-refractivity contribution is -0.161. The highest BCUT2D eigenvalue weighted by atomic mass is 16.6. The Morgan fingerprint density at radius 3 is 2.40 bits per heavy atom. The van der Waals surface area contributed by atoms with Crippen LogP contribution in [0.25, 0.3) is 0 Å². The first kappa shape index (κ1) is 11.8. The van der Waals surface area contributed by atoms with Crippen molar-refractivity contribution in [3.05, 3.63) is 12.2 Å². The van der Waals surface area contributed by atoms with Gasteiger partial charge in [0.2, 0.25) is 0 Å². The summed E-state index contributed by atoms with van der Waals surface area (Å²) in [4.78, 5) is 22.7. The quantitative estimate of drug-likeness (QED) is 0.513. The van der Waals surface area contributed by atoms with Crippen molar-refractivity contribution >= 4 is 11.9 Å². The van der Waals surface area contributed by atoms with Crippen LogP contribution < -0.4 is 0 Å². The summed E-state index contributed by atoms with van der Waals surface area (Å²) in [6, 6.07) is 0. The van der Waals surface area contributed by atoms with E-state index in [1.54, 1.807) is 27.7 Å². The molecule has 0 aromatic rings. The van der Waals surface area contributed by atoms with E-state index in [0.717, 1.165) is 0 Å². The first-order chi connectivity index (χ1) is 6.79. The molecule has 1 aliphatic heterocycles. The van der Waals surface area contributed by atoms with Gasteiger partial charge in [0.1, 0.15) is 6.10 Å². The standard InChI is InChI=1S/C11H16O4/c1-6(2)9(12)15-11(5)7(3)10(13)14-8(11)4/h7-8H,1H2,2-5H3. The van der Waals surface area contributed by atoms with Crippen LogP contribution >= 0.6 is 0 Å². The Kier molecular flexibility index (Phi) is 2.88. The number of rotatable bonds is 2. The molecule has 1 aliphatic rings. The molecule has 0 saturated carbocycles. The van der Waals surface area contributed by atoms with E-state index in [-0.39, 0.29) is 5.97 Å². The van der Waals surface area contributed by atoms with Gasteiger partial charge in [-0.25, -0.2) is 4.79 Å². The lowest BCUT2D eigenvalue weighted by Crippen LogP contribution is -2.43. The van der Waals surface area contributed by atoms with Crippen molar-refractivity contribution in [2.24, 2.45) is 5.92 Å². The maximum absolute atomic E-state index is 11.4. The fraction of sp³-hybridized carbons (Fsp3) is 0.636. The molecule has 0 aromatic heterocycles. The summed E-state index contributed by atoms with van der Waals surface area (Å²) in [5, 5.41) is 0. The molecular formula is C11H16O4. The summed E-state index contributed by atoms with van der Waals surface area (Å²) in [5.74, 6) is -1.27. The maximum atomic E-state index is 11.4. The van der Waals surface area contributed by atoms with Gasteiger partial charge >= 0.3 is 11.9 Å². The molecule has 0 radical (unpaired) electrons. The van der Waals surface area contributed by atoms with E-state index in [9.17, 15) is 9.59 Å². The van der Waals surface area contributed by atoms with Crippen LogP contribution in [-0.2, 0) is 19.1 Å². The van der Waals surface area contributed by atoms with Crippen molar-refractivity contribution in [3.63, 3.8) is 0 Å². The van der Waals surface area contributed by atoms with Crippen LogP contribution in [0.4, 0.5) is 0 Å². The van der Waals surface area contributed by atoms with Gasteiger partial charge in [0.15, 0.2) is 5.60 Å². The van der Waals surface area contributed by atoms with Crippen LogP contribution in [0.1, 0.15) is 27.7 Å². The highest BCUT2D eigenvalue weighted by Crippen LogP contribution is 2.35. The number of carbonyl (C=O) groups excluding carboxylic acids is 2. The second kappa shape index (κ2) is 3.68. The van der Waals surface area contributed by atoms with E-state index >= 15 is 0 Å². The molecule has 0 spiro atoms. The molecule has 4 heteroatoms.